The van der Waals surface area contributed by atoms with Crippen LogP contribution in [0.3, 0.4) is 0 Å². The predicted molar refractivity (Wildman–Crippen MR) is 31.8 cm³/mol. The van der Waals surface area contributed by atoms with E-state index >= 15 is 0 Å². The molecular weight excluding hydrogens is 100 g/mol. The molecule has 0 unspecified atom stereocenters. The summed E-state index contributed by atoms with van der Waals surface area (Å²) >= 11 is 0. The van der Waals surface area contributed by atoms with E-state index in [1.165, 1.54) is 6.92 Å². The zero-order chi connectivity index (χ0) is 6.83. The lowest BCUT2D eigenvalue weighted by atomic mass is 10.4. The van der Waals surface area contributed by atoms with E-state index in [1.807, 2.05) is 13.0 Å². The Bertz CT molecular complexity index is 94.1. The molecule has 0 bridgehead atoms. The van der Waals surface area contributed by atoms with Gasteiger partial charge in [-0.1, -0.05) is 6.92 Å². The zero-order valence-electron chi connectivity index (χ0n) is 5.31. The highest BCUT2D eigenvalue weighted by Crippen LogP contribution is 1.77. The summed E-state index contributed by atoms with van der Waals surface area (Å²) in [6, 6.07) is 3.77. The largest absolute Gasteiger partial charge is 0.199 e. The molecule has 0 aromatic rings. The van der Waals surface area contributed by atoms with Crippen LogP contribution in [-0.2, 0) is 0 Å². The summed E-state index contributed by atoms with van der Waals surface area (Å²) in [5, 5.41) is 15.1. The minimum absolute atomic E-state index is 0.694. The molecule has 0 aromatic carbocycles. The van der Waals surface area contributed by atoms with Crippen molar-refractivity contribution in [1.29, 1.82) is 10.5 Å². The molecule has 0 fully saturated rings. The van der Waals surface area contributed by atoms with Gasteiger partial charge in [-0.2, -0.15) is 10.5 Å². The Morgan fingerprint density at radius 2 is 1.75 bits per heavy atom. The molecule has 0 saturated carbocycles. The molecule has 0 rings (SSSR count). The van der Waals surface area contributed by atoms with Gasteiger partial charge in [0, 0.05) is 13.3 Å². The lowest BCUT2D eigenvalue weighted by Gasteiger charge is -1.65. The number of nitrogens with zero attached hydrogens (tertiary/aromatic N) is 2. The van der Waals surface area contributed by atoms with E-state index in [-0.39, 0.29) is 0 Å². The lowest BCUT2D eigenvalue weighted by Crippen LogP contribution is -1.53. The number of unbranched alkanes of at least 4 members (excludes halogenated alkanes) is 1. The van der Waals surface area contributed by atoms with Gasteiger partial charge in [0.1, 0.15) is 0 Å². The second kappa shape index (κ2) is 16.7. The van der Waals surface area contributed by atoms with Crippen LogP contribution >= 0.6 is 0 Å². The number of nitriles is 2. The molecule has 0 N–H and O–H groups in total. The molecule has 0 aliphatic heterocycles. The molecule has 0 aliphatic carbocycles. The average molecular weight is 110 g/mol. The summed E-state index contributed by atoms with van der Waals surface area (Å²) in [6.45, 7) is 3.42. The average Bonchev–Trinajstić information content (AvgIpc) is 1.71. The monoisotopic (exact) mass is 110 g/mol. The fraction of sp³-hybridized carbons (Fsp3) is 0.667. The van der Waals surface area contributed by atoms with Crippen molar-refractivity contribution in [3.05, 3.63) is 0 Å². The molecule has 8 heavy (non-hydrogen) atoms. The van der Waals surface area contributed by atoms with Gasteiger partial charge in [0.25, 0.3) is 0 Å². The van der Waals surface area contributed by atoms with Crippen LogP contribution in [0.5, 0.6) is 0 Å². The Kier molecular flexibility index (Phi) is 21.0. The summed E-state index contributed by atoms with van der Waals surface area (Å²) in [5.41, 5.74) is 0. The first-order chi connectivity index (χ1) is 3.83. The van der Waals surface area contributed by atoms with Gasteiger partial charge in [0.2, 0.25) is 0 Å². The zero-order valence-corrected chi connectivity index (χ0v) is 5.31. The van der Waals surface area contributed by atoms with E-state index < -0.39 is 0 Å². The maximum absolute atomic E-state index is 7.82. The van der Waals surface area contributed by atoms with Crippen LogP contribution in [0.25, 0.3) is 0 Å². The molecule has 0 atom stereocenters. The smallest absolute Gasteiger partial charge is 0.0621 e. The Morgan fingerprint density at radius 1 is 1.38 bits per heavy atom. The van der Waals surface area contributed by atoms with Crippen molar-refractivity contribution in [2.75, 3.05) is 0 Å². The first kappa shape index (κ1) is 10.1. The molecular formula is C6H10N2. The Labute approximate surface area is 50.4 Å². The molecule has 2 heteroatoms. The number of hydrogen-bond acceptors (Lipinski definition) is 2. The van der Waals surface area contributed by atoms with Crippen LogP contribution in [-0.4, -0.2) is 0 Å². The van der Waals surface area contributed by atoms with Gasteiger partial charge in [0.15, 0.2) is 0 Å². The van der Waals surface area contributed by atoms with Crippen molar-refractivity contribution in [2.24, 2.45) is 0 Å². The maximum Gasteiger partial charge on any atom is 0.0621 e. The quantitative estimate of drug-likeness (QED) is 0.517. The topological polar surface area (TPSA) is 47.6 Å². The molecule has 0 radical (unpaired) electrons. The summed E-state index contributed by atoms with van der Waals surface area (Å²) in [4.78, 5) is 0. The molecule has 2 nitrogen and oxygen atoms in total. The van der Waals surface area contributed by atoms with E-state index in [2.05, 4.69) is 0 Å². The molecule has 0 aliphatic rings. The van der Waals surface area contributed by atoms with Crippen molar-refractivity contribution >= 4 is 0 Å². The molecule has 0 heterocycles. The van der Waals surface area contributed by atoms with Crippen LogP contribution in [0, 0.1) is 22.7 Å². The van der Waals surface area contributed by atoms with E-state index in [0.717, 1.165) is 6.42 Å². The van der Waals surface area contributed by atoms with E-state index in [9.17, 15) is 0 Å². The van der Waals surface area contributed by atoms with Crippen LogP contribution in [0.2, 0.25) is 0 Å². The van der Waals surface area contributed by atoms with Gasteiger partial charge in [-0.05, 0) is 6.42 Å². The minimum atomic E-state index is 0.694. The SMILES string of the molecule is CC#N.CCCC#N. The highest BCUT2D eigenvalue weighted by Gasteiger charge is 1.65. The Balaban J connectivity index is 0. The first-order valence-corrected chi connectivity index (χ1v) is 2.51. The summed E-state index contributed by atoms with van der Waals surface area (Å²) < 4.78 is 0. The lowest BCUT2D eigenvalue weighted by molar-refractivity contribution is 0.969. The molecule has 0 amide bonds. The fourth-order valence-electron chi connectivity index (χ4n) is 0.112. The third-order valence-corrected chi connectivity index (χ3v) is 0.362. The minimum Gasteiger partial charge on any atom is -0.199 e. The van der Waals surface area contributed by atoms with E-state index in [1.54, 1.807) is 6.07 Å². The molecule has 0 saturated heterocycles. The Morgan fingerprint density at radius 3 is 1.75 bits per heavy atom. The molecule has 0 aromatic heterocycles. The highest BCUT2D eigenvalue weighted by molar-refractivity contribution is 4.65. The van der Waals surface area contributed by atoms with Crippen molar-refractivity contribution in [1.82, 2.24) is 0 Å². The van der Waals surface area contributed by atoms with Crippen LogP contribution in [0.4, 0.5) is 0 Å². The van der Waals surface area contributed by atoms with Crippen LogP contribution in [0.1, 0.15) is 26.7 Å². The van der Waals surface area contributed by atoms with Gasteiger partial charge in [-0.3, -0.25) is 0 Å². The van der Waals surface area contributed by atoms with Crippen molar-refractivity contribution < 1.29 is 0 Å². The summed E-state index contributed by atoms with van der Waals surface area (Å²) in [6.07, 6.45) is 1.68. The fourth-order valence-corrected chi connectivity index (χ4v) is 0.112. The van der Waals surface area contributed by atoms with E-state index in [0.29, 0.717) is 6.42 Å². The normalized spacial score (nSPS) is 5.00. The van der Waals surface area contributed by atoms with Gasteiger partial charge in [0.05, 0.1) is 12.1 Å². The molecule has 0 spiro atoms. The maximum atomic E-state index is 7.82. The van der Waals surface area contributed by atoms with Gasteiger partial charge >= 0.3 is 0 Å². The third kappa shape index (κ3) is 82.1. The van der Waals surface area contributed by atoms with Crippen molar-refractivity contribution in [3.63, 3.8) is 0 Å². The van der Waals surface area contributed by atoms with Crippen LogP contribution in [0.15, 0.2) is 0 Å². The predicted octanol–water partition coefficient (Wildman–Crippen LogP) is 1.84. The molecule has 44 valence electrons. The Hall–Kier alpha value is -1.02. The summed E-state index contributed by atoms with van der Waals surface area (Å²) in [5.74, 6) is 0. The van der Waals surface area contributed by atoms with Crippen LogP contribution < -0.4 is 0 Å². The number of hydrogen-bond donors (Lipinski definition) is 0. The number of rotatable bonds is 1. The standard InChI is InChI=1S/C4H7N.C2H3N/c1-2-3-4-5;1-2-3/h2-3H2,1H3;1H3. The second-order valence-electron chi connectivity index (χ2n) is 1.13. The van der Waals surface area contributed by atoms with Gasteiger partial charge in [-0.25, -0.2) is 0 Å². The third-order valence-electron chi connectivity index (χ3n) is 0.362. The van der Waals surface area contributed by atoms with Crippen molar-refractivity contribution in [3.8, 4) is 12.1 Å². The summed E-state index contributed by atoms with van der Waals surface area (Å²) in [7, 11) is 0. The van der Waals surface area contributed by atoms with Gasteiger partial charge < -0.3 is 0 Å². The van der Waals surface area contributed by atoms with E-state index in [4.69, 9.17) is 10.5 Å². The second-order valence-corrected chi connectivity index (χ2v) is 1.13. The van der Waals surface area contributed by atoms with Gasteiger partial charge in [-0.15, -0.1) is 0 Å². The highest BCUT2D eigenvalue weighted by atomic mass is 14.2. The van der Waals surface area contributed by atoms with Crippen molar-refractivity contribution in [2.45, 2.75) is 26.7 Å². The first-order valence-electron chi connectivity index (χ1n) is 2.51.